The number of hydrogen-bond acceptors (Lipinski definition) is 0. The number of benzene rings is 1. The monoisotopic (exact) mass is 297 g/mol. The number of nitrogens with one attached hydrogen (secondary N) is 1. The van der Waals surface area contributed by atoms with Crippen LogP contribution < -0.4 is 22.0 Å². The molecule has 1 aromatic carbocycles. The Labute approximate surface area is 116 Å². The molecule has 0 unspecified atom stereocenters. The molecule has 17 heavy (non-hydrogen) atoms. The molecule has 1 rings (SSSR count). The van der Waals surface area contributed by atoms with Crippen LogP contribution in [0.2, 0.25) is 0 Å². The van der Waals surface area contributed by atoms with Gasteiger partial charge in [-0.05, 0) is 11.8 Å². The molecule has 0 atom stereocenters. The van der Waals surface area contributed by atoms with Gasteiger partial charge in [-0.25, -0.2) is 4.99 Å². The van der Waals surface area contributed by atoms with Crippen molar-refractivity contribution in [2.45, 2.75) is 53.4 Å². The second-order valence-electron chi connectivity index (χ2n) is 5.25. The molecule has 0 saturated heterocycles. The second kappa shape index (κ2) is 6.95. The van der Waals surface area contributed by atoms with Gasteiger partial charge in [-0.2, -0.15) is 0 Å². The molecule has 0 aliphatic carbocycles. The fourth-order valence-electron chi connectivity index (χ4n) is 1.95. The molecular formula is C15H24BrN. The van der Waals surface area contributed by atoms with Gasteiger partial charge in [0, 0.05) is 25.0 Å². The number of para-hydroxylation sites is 1. The lowest BCUT2D eigenvalue weighted by Gasteiger charge is -2.12. The van der Waals surface area contributed by atoms with Crippen LogP contribution in [0.4, 0.5) is 5.69 Å². The summed E-state index contributed by atoms with van der Waals surface area (Å²) in [6, 6.07) is 6.62. The molecule has 0 saturated carbocycles. The van der Waals surface area contributed by atoms with E-state index < -0.39 is 0 Å². The molecule has 0 bridgehead atoms. The van der Waals surface area contributed by atoms with E-state index >= 15 is 0 Å². The molecule has 1 N–H and O–H groups in total. The fraction of sp³-hybridized carbons (Fsp3) is 0.533. The average molecular weight is 298 g/mol. The fourth-order valence-corrected chi connectivity index (χ4v) is 1.95. The van der Waals surface area contributed by atoms with Crippen LogP contribution in [0.1, 0.15) is 64.5 Å². The van der Waals surface area contributed by atoms with E-state index in [0.29, 0.717) is 11.8 Å². The molecule has 0 aliphatic rings. The van der Waals surface area contributed by atoms with Gasteiger partial charge in [0.25, 0.3) is 0 Å². The van der Waals surface area contributed by atoms with E-state index in [4.69, 9.17) is 0 Å². The first kappa shape index (κ1) is 16.4. The minimum Gasteiger partial charge on any atom is -1.00 e. The predicted molar refractivity (Wildman–Crippen MR) is 71.6 cm³/mol. The number of halogens is 1. The zero-order valence-corrected chi connectivity index (χ0v) is 13.4. The normalized spacial score (nSPS) is 10.4. The van der Waals surface area contributed by atoms with Crippen molar-refractivity contribution >= 4 is 11.4 Å². The summed E-state index contributed by atoms with van der Waals surface area (Å²) in [4.78, 5) is 3.52. The maximum atomic E-state index is 3.52. The highest BCUT2D eigenvalue weighted by Gasteiger charge is 2.17. The van der Waals surface area contributed by atoms with Crippen LogP contribution in [0.3, 0.4) is 0 Å². The van der Waals surface area contributed by atoms with Gasteiger partial charge in [-0.3, -0.25) is 0 Å². The highest BCUT2D eigenvalue weighted by atomic mass is 79.9. The van der Waals surface area contributed by atoms with Gasteiger partial charge in [0.1, 0.15) is 5.71 Å². The zero-order valence-electron chi connectivity index (χ0n) is 11.8. The van der Waals surface area contributed by atoms with E-state index in [1.807, 2.05) is 0 Å². The summed E-state index contributed by atoms with van der Waals surface area (Å²) in [5.74, 6) is 1.11. The molecule has 2 heteroatoms. The van der Waals surface area contributed by atoms with Crippen molar-refractivity contribution in [1.29, 1.82) is 0 Å². The highest BCUT2D eigenvalue weighted by Crippen LogP contribution is 2.28. The highest BCUT2D eigenvalue weighted by molar-refractivity contribution is 5.74. The van der Waals surface area contributed by atoms with Crippen molar-refractivity contribution in [2.24, 2.45) is 0 Å². The van der Waals surface area contributed by atoms with Crippen LogP contribution >= 0.6 is 0 Å². The van der Waals surface area contributed by atoms with E-state index in [1.165, 1.54) is 22.5 Å². The van der Waals surface area contributed by atoms with Crippen molar-refractivity contribution in [3.8, 4) is 0 Å². The molecule has 0 heterocycles. The lowest BCUT2D eigenvalue weighted by molar-refractivity contribution is -0.356. The number of hydrogen-bond donors (Lipinski definition) is 1. The summed E-state index contributed by atoms with van der Waals surface area (Å²) in [5, 5.41) is 0. The van der Waals surface area contributed by atoms with Crippen molar-refractivity contribution < 1.29 is 22.0 Å². The Morgan fingerprint density at radius 3 is 1.65 bits per heavy atom. The summed E-state index contributed by atoms with van der Waals surface area (Å²) in [7, 11) is 0. The molecule has 0 spiro atoms. The average Bonchev–Trinajstić information content (AvgIpc) is 2.16. The van der Waals surface area contributed by atoms with Gasteiger partial charge >= 0.3 is 0 Å². The van der Waals surface area contributed by atoms with Crippen LogP contribution in [0.25, 0.3) is 0 Å². The smallest absolute Gasteiger partial charge is 0.210 e. The van der Waals surface area contributed by atoms with Gasteiger partial charge in [-0.1, -0.05) is 45.9 Å². The van der Waals surface area contributed by atoms with Crippen molar-refractivity contribution in [1.82, 2.24) is 0 Å². The Morgan fingerprint density at radius 1 is 0.941 bits per heavy atom. The molecule has 1 aromatic rings. The molecule has 0 amide bonds. The Balaban J connectivity index is 0.00000256. The Hall–Kier alpha value is -0.630. The summed E-state index contributed by atoms with van der Waals surface area (Å²) in [6.07, 6.45) is 0. The summed E-state index contributed by atoms with van der Waals surface area (Å²) >= 11 is 0. The lowest BCUT2D eigenvalue weighted by atomic mass is 9.93. The maximum absolute atomic E-state index is 3.52. The van der Waals surface area contributed by atoms with Crippen LogP contribution in [0.15, 0.2) is 18.2 Å². The predicted octanol–water partition coefficient (Wildman–Crippen LogP) is 0.130. The van der Waals surface area contributed by atoms with Crippen molar-refractivity contribution in [3.63, 3.8) is 0 Å². The van der Waals surface area contributed by atoms with Crippen LogP contribution in [0, 0.1) is 0 Å². The van der Waals surface area contributed by atoms with Gasteiger partial charge in [0.2, 0.25) is 5.69 Å². The Bertz CT molecular complexity index is 362. The van der Waals surface area contributed by atoms with Gasteiger partial charge < -0.3 is 17.0 Å². The summed E-state index contributed by atoms with van der Waals surface area (Å²) < 4.78 is 0. The van der Waals surface area contributed by atoms with Crippen molar-refractivity contribution in [2.75, 3.05) is 0 Å². The van der Waals surface area contributed by atoms with E-state index in [2.05, 4.69) is 64.7 Å². The first-order valence-corrected chi connectivity index (χ1v) is 6.13. The van der Waals surface area contributed by atoms with Crippen LogP contribution in [0.5, 0.6) is 0 Å². The SMILES string of the molecule is CC(C)=[NH+]c1c(C(C)C)cccc1C(C)C.[Br-]. The molecule has 96 valence electrons. The molecule has 0 aromatic heterocycles. The summed E-state index contributed by atoms with van der Waals surface area (Å²) in [5.41, 5.74) is 5.38. The van der Waals surface area contributed by atoms with Gasteiger partial charge in [0.05, 0.1) is 0 Å². The van der Waals surface area contributed by atoms with E-state index in [9.17, 15) is 0 Å². The topological polar surface area (TPSA) is 14.0 Å². The first-order chi connectivity index (χ1) is 7.43. The standard InChI is InChI=1S/C15H23N.BrH/c1-10(2)13-8-7-9-14(11(3)4)15(13)16-12(5)6;/h7-11H,1-6H3;1H. The minimum absolute atomic E-state index is 0. The van der Waals surface area contributed by atoms with E-state index in [0.717, 1.165) is 0 Å². The van der Waals surface area contributed by atoms with Gasteiger partial charge in [0.15, 0.2) is 0 Å². The minimum atomic E-state index is 0. The Kier molecular flexibility index (Phi) is 6.69. The quantitative estimate of drug-likeness (QED) is 0.763. The molecule has 0 radical (unpaired) electrons. The number of rotatable bonds is 3. The van der Waals surface area contributed by atoms with Crippen molar-refractivity contribution in [3.05, 3.63) is 29.3 Å². The maximum Gasteiger partial charge on any atom is 0.210 e. The zero-order chi connectivity index (χ0) is 12.3. The third kappa shape index (κ3) is 4.27. The second-order valence-corrected chi connectivity index (χ2v) is 5.25. The van der Waals surface area contributed by atoms with E-state index in [1.54, 1.807) is 0 Å². The third-order valence-corrected chi connectivity index (χ3v) is 2.75. The Morgan fingerprint density at radius 2 is 1.35 bits per heavy atom. The van der Waals surface area contributed by atoms with Gasteiger partial charge in [-0.15, -0.1) is 0 Å². The molecule has 0 fully saturated rings. The third-order valence-electron chi connectivity index (χ3n) is 2.75. The van der Waals surface area contributed by atoms with Crippen LogP contribution in [-0.4, -0.2) is 5.71 Å². The molecular weight excluding hydrogens is 274 g/mol. The lowest BCUT2D eigenvalue weighted by Crippen LogP contribution is -3.00. The van der Waals surface area contributed by atoms with E-state index in [-0.39, 0.29) is 17.0 Å². The molecule has 0 aliphatic heterocycles. The molecule has 1 nitrogen and oxygen atoms in total. The van der Waals surface area contributed by atoms with Crippen LogP contribution in [-0.2, 0) is 0 Å². The largest absolute Gasteiger partial charge is 1.00 e. The summed E-state index contributed by atoms with van der Waals surface area (Å²) in [6.45, 7) is 13.2. The first-order valence-electron chi connectivity index (χ1n) is 6.13.